The van der Waals surface area contributed by atoms with Gasteiger partial charge in [0.05, 0.1) is 0 Å². The second-order valence-corrected chi connectivity index (χ2v) is 12.7. The van der Waals surface area contributed by atoms with Crippen LogP contribution in [0.25, 0.3) is 6.08 Å². The molecule has 0 aromatic heterocycles. The highest BCUT2D eigenvalue weighted by molar-refractivity contribution is 6.35. The molecular weight excluding hydrogens is 479 g/mol. The number of carbonyl (C=O) groups excluding carboxylic acids is 2. The number of fused-ring (bicyclic) bond motifs is 5. The van der Waals surface area contributed by atoms with Gasteiger partial charge in [0.1, 0.15) is 6.10 Å². The molecule has 0 N–H and O–H groups in total. The fraction of sp³-hybridized carbons (Fsp3) is 0.600. The molecule has 4 aliphatic rings. The number of ketones is 1. The van der Waals surface area contributed by atoms with Crippen molar-refractivity contribution in [3.63, 3.8) is 0 Å². The van der Waals surface area contributed by atoms with E-state index in [0.717, 1.165) is 50.5 Å². The molecule has 0 heterocycles. The molecule has 7 atom stereocenters. The standard InChI is InChI=1S/C30H36Cl2O3/c1-18(33)35-22-12-14-29(2)20(16-22)6-8-23-24-9-10-26(30(24,3)15-13-25(23)29)28(34)11-5-19-4-7-21(31)17-27(19)32/h4-7,11,17,22-26H,8-10,12-16H2,1-3H3/b11-5+/t22-,23-,24-,25-,26?,29-,30-/m0/s1. The largest absolute Gasteiger partial charge is 0.462 e. The molecular formula is C30H36Cl2O3. The number of benzene rings is 1. The van der Waals surface area contributed by atoms with Crippen LogP contribution in [0.15, 0.2) is 35.9 Å². The summed E-state index contributed by atoms with van der Waals surface area (Å²) in [6.07, 6.45) is 14.5. The van der Waals surface area contributed by atoms with Gasteiger partial charge in [-0.3, -0.25) is 9.59 Å². The summed E-state index contributed by atoms with van der Waals surface area (Å²) in [6.45, 7) is 6.35. The third-order valence-electron chi connectivity index (χ3n) is 10.1. The lowest BCUT2D eigenvalue weighted by Gasteiger charge is -2.58. The quantitative estimate of drug-likeness (QED) is 0.231. The summed E-state index contributed by atoms with van der Waals surface area (Å²) >= 11 is 12.3. The summed E-state index contributed by atoms with van der Waals surface area (Å²) in [6, 6.07) is 5.38. The van der Waals surface area contributed by atoms with Crippen molar-refractivity contribution in [1.82, 2.24) is 0 Å². The van der Waals surface area contributed by atoms with Crippen LogP contribution in [0, 0.1) is 34.5 Å². The SMILES string of the molecule is CC(=O)O[C@H]1CC[C@@]2(C)C(=CC[C@@H]3[C@@H]2CC[C@]2(C)C(C(=O)/C=C/c4ccc(Cl)cc4Cl)CC[C@@H]32)C1. The van der Waals surface area contributed by atoms with Crippen molar-refractivity contribution in [1.29, 1.82) is 0 Å². The van der Waals surface area contributed by atoms with E-state index >= 15 is 0 Å². The van der Waals surface area contributed by atoms with Crippen LogP contribution >= 0.6 is 23.2 Å². The molecule has 1 unspecified atom stereocenters. The van der Waals surface area contributed by atoms with Gasteiger partial charge >= 0.3 is 5.97 Å². The molecule has 3 fully saturated rings. The Balaban J connectivity index is 1.33. The van der Waals surface area contributed by atoms with Crippen LogP contribution in [0.3, 0.4) is 0 Å². The molecule has 1 aromatic rings. The number of hydrogen-bond acceptors (Lipinski definition) is 3. The van der Waals surface area contributed by atoms with Gasteiger partial charge in [0.2, 0.25) is 0 Å². The summed E-state index contributed by atoms with van der Waals surface area (Å²) in [5.41, 5.74) is 2.60. The predicted octanol–water partition coefficient (Wildman–Crippen LogP) is 8.09. The molecule has 0 amide bonds. The van der Waals surface area contributed by atoms with Crippen molar-refractivity contribution < 1.29 is 14.3 Å². The van der Waals surface area contributed by atoms with Crippen LogP contribution in [0.4, 0.5) is 0 Å². The number of hydrogen-bond donors (Lipinski definition) is 0. The van der Waals surface area contributed by atoms with E-state index in [1.54, 1.807) is 18.2 Å². The lowest BCUT2D eigenvalue weighted by molar-refractivity contribution is -0.149. The minimum Gasteiger partial charge on any atom is -0.462 e. The molecule has 35 heavy (non-hydrogen) atoms. The van der Waals surface area contributed by atoms with Crippen molar-refractivity contribution >= 4 is 41.0 Å². The van der Waals surface area contributed by atoms with E-state index in [0.29, 0.717) is 27.8 Å². The van der Waals surface area contributed by atoms with E-state index < -0.39 is 0 Å². The van der Waals surface area contributed by atoms with Crippen molar-refractivity contribution in [3.8, 4) is 0 Å². The number of carbonyl (C=O) groups is 2. The highest BCUT2D eigenvalue weighted by Gasteiger charge is 2.59. The first-order valence-corrected chi connectivity index (χ1v) is 13.9. The fourth-order valence-electron chi connectivity index (χ4n) is 8.35. The fourth-order valence-corrected chi connectivity index (χ4v) is 8.83. The van der Waals surface area contributed by atoms with Crippen LogP contribution in [-0.2, 0) is 14.3 Å². The van der Waals surface area contributed by atoms with E-state index in [2.05, 4.69) is 19.9 Å². The van der Waals surface area contributed by atoms with E-state index in [4.69, 9.17) is 27.9 Å². The number of allylic oxidation sites excluding steroid dienone is 2. The second-order valence-electron chi connectivity index (χ2n) is 11.8. The van der Waals surface area contributed by atoms with E-state index in [1.807, 2.05) is 12.1 Å². The molecule has 0 saturated heterocycles. The molecule has 0 bridgehead atoms. The highest BCUT2D eigenvalue weighted by atomic mass is 35.5. The van der Waals surface area contributed by atoms with Gasteiger partial charge in [0.25, 0.3) is 0 Å². The smallest absolute Gasteiger partial charge is 0.302 e. The zero-order valence-corrected chi connectivity index (χ0v) is 22.5. The minimum absolute atomic E-state index is 0.0339. The lowest BCUT2D eigenvalue weighted by Crippen LogP contribution is -2.51. The molecule has 5 rings (SSSR count). The van der Waals surface area contributed by atoms with Crippen LogP contribution in [0.2, 0.25) is 10.0 Å². The average Bonchev–Trinajstić information content (AvgIpc) is 3.15. The van der Waals surface area contributed by atoms with Gasteiger partial charge in [-0.15, -0.1) is 0 Å². The van der Waals surface area contributed by atoms with Crippen LogP contribution in [-0.4, -0.2) is 17.9 Å². The first-order valence-electron chi connectivity index (χ1n) is 13.2. The van der Waals surface area contributed by atoms with Gasteiger partial charge in [-0.05, 0) is 103 Å². The van der Waals surface area contributed by atoms with Crippen molar-refractivity contribution in [2.45, 2.75) is 78.2 Å². The van der Waals surface area contributed by atoms with Crippen LogP contribution in [0.5, 0.6) is 0 Å². The van der Waals surface area contributed by atoms with Gasteiger partial charge in [-0.1, -0.05) is 54.8 Å². The summed E-state index contributed by atoms with van der Waals surface area (Å²) < 4.78 is 5.58. The topological polar surface area (TPSA) is 43.4 Å². The molecule has 0 radical (unpaired) electrons. The number of rotatable bonds is 4. The lowest BCUT2D eigenvalue weighted by atomic mass is 9.47. The minimum atomic E-state index is -0.171. The Morgan fingerprint density at radius 2 is 1.86 bits per heavy atom. The Morgan fingerprint density at radius 3 is 2.60 bits per heavy atom. The van der Waals surface area contributed by atoms with E-state index in [-0.39, 0.29) is 34.6 Å². The third-order valence-corrected chi connectivity index (χ3v) is 10.7. The first kappa shape index (κ1) is 25.1. The second kappa shape index (κ2) is 9.38. The summed E-state index contributed by atoms with van der Waals surface area (Å²) in [7, 11) is 0. The van der Waals surface area contributed by atoms with Gasteiger partial charge in [-0.25, -0.2) is 0 Å². The zero-order valence-electron chi connectivity index (χ0n) is 21.0. The maximum Gasteiger partial charge on any atom is 0.302 e. The Labute approximate surface area is 219 Å². The van der Waals surface area contributed by atoms with Gasteiger partial charge in [0, 0.05) is 29.3 Å². The average molecular weight is 516 g/mol. The highest BCUT2D eigenvalue weighted by Crippen LogP contribution is 2.66. The predicted molar refractivity (Wildman–Crippen MR) is 141 cm³/mol. The Morgan fingerprint density at radius 1 is 1.06 bits per heavy atom. The Bertz CT molecular complexity index is 1090. The number of halogens is 2. The van der Waals surface area contributed by atoms with E-state index in [9.17, 15) is 9.59 Å². The molecule has 1 aromatic carbocycles. The molecule has 0 aliphatic heterocycles. The number of ether oxygens (including phenoxy) is 1. The maximum atomic E-state index is 13.4. The summed E-state index contributed by atoms with van der Waals surface area (Å²) in [5.74, 6) is 2.03. The molecule has 0 spiro atoms. The summed E-state index contributed by atoms with van der Waals surface area (Å²) in [4.78, 5) is 24.9. The van der Waals surface area contributed by atoms with Crippen LogP contribution < -0.4 is 0 Å². The van der Waals surface area contributed by atoms with Crippen molar-refractivity contribution in [3.05, 3.63) is 51.5 Å². The molecule has 5 heteroatoms. The van der Waals surface area contributed by atoms with Gasteiger partial charge in [0.15, 0.2) is 5.78 Å². The maximum absolute atomic E-state index is 13.4. The van der Waals surface area contributed by atoms with Crippen molar-refractivity contribution in [2.24, 2.45) is 34.5 Å². The molecule has 188 valence electrons. The van der Waals surface area contributed by atoms with Gasteiger partial charge < -0.3 is 4.74 Å². The number of esters is 1. The zero-order chi connectivity index (χ0) is 25.0. The third kappa shape index (κ3) is 4.42. The monoisotopic (exact) mass is 514 g/mol. The van der Waals surface area contributed by atoms with Crippen LogP contribution in [0.1, 0.15) is 77.7 Å². The van der Waals surface area contributed by atoms with Gasteiger partial charge in [-0.2, -0.15) is 0 Å². The first-order chi connectivity index (χ1) is 16.6. The molecule has 4 aliphatic carbocycles. The molecule has 3 nitrogen and oxygen atoms in total. The Hall–Kier alpha value is -1.58. The summed E-state index contributed by atoms with van der Waals surface area (Å²) in [5, 5.41) is 1.17. The van der Waals surface area contributed by atoms with Crippen molar-refractivity contribution in [2.75, 3.05) is 0 Å². The van der Waals surface area contributed by atoms with E-state index in [1.165, 1.54) is 18.9 Å². The molecule has 3 saturated carbocycles. The Kier molecular flexibility index (Phi) is 6.72. The normalized spacial score (nSPS) is 38.3.